The average Bonchev–Trinajstić information content (AvgIpc) is 2.46. The van der Waals surface area contributed by atoms with E-state index in [0.29, 0.717) is 5.75 Å². The van der Waals surface area contributed by atoms with Crippen molar-refractivity contribution in [3.05, 3.63) is 54.4 Å². The maximum Gasteiger partial charge on any atom is 0.573 e. The van der Waals surface area contributed by atoms with Gasteiger partial charge in [-0.3, -0.25) is 4.98 Å². The molecule has 2 aromatic rings. The molecule has 0 aliphatic rings. The van der Waals surface area contributed by atoms with E-state index in [0.717, 1.165) is 5.56 Å². The molecular formula is C14H13F3N2O2. The van der Waals surface area contributed by atoms with Crippen molar-refractivity contribution in [3.8, 4) is 11.5 Å². The lowest BCUT2D eigenvalue weighted by atomic mass is 10.1. The fourth-order valence-corrected chi connectivity index (χ4v) is 1.71. The maximum atomic E-state index is 12.1. The molecule has 1 unspecified atom stereocenters. The molecule has 7 heteroatoms. The minimum absolute atomic E-state index is 0.227. The third kappa shape index (κ3) is 4.64. The molecule has 0 bridgehead atoms. The highest BCUT2D eigenvalue weighted by atomic mass is 19.4. The van der Waals surface area contributed by atoms with Crippen LogP contribution in [0.5, 0.6) is 11.5 Å². The van der Waals surface area contributed by atoms with Gasteiger partial charge < -0.3 is 15.2 Å². The van der Waals surface area contributed by atoms with E-state index in [1.165, 1.54) is 24.3 Å². The average molecular weight is 298 g/mol. The number of nitrogens with zero attached hydrogens (tertiary/aromatic N) is 1. The molecule has 112 valence electrons. The molecule has 1 aromatic heterocycles. The van der Waals surface area contributed by atoms with Gasteiger partial charge in [-0.15, -0.1) is 13.2 Å². The van der Waals surface area contributed by atoms with Crippen molar-refractivity contribution in [2.45, 2.75) is 12.5 Å². The van der Waals surface area contributed by atoms with Crippen LogP contribution in [0.25, 0.3) is 0 Å². The van der Waals surface area contributed by atoms with Crippen molar-refractivity contribution in [2.75, 3.05) is 6.54 Å². The van der Waals surface area contributed by atoms with E-state index < -0.39 is 12.5 Å². The summed E-state index contributed by atoms with van der Waals surface area (Å²) in [5.74, 6) is 0.0971. The summed E-state index contributed by atoms with van der Waals surface area (Å²) in [7, 11) is 0. The predicted molar refractivity (Wildman–Crippen MR) is 69.8 cm³/mol. The molecule has 0 radical (unpaired) electrons. The first kappa shape index (κ1) is 15.1. The molecule has 0 spiro atoms. The molecular weight excluding hydrogens is 285 g/mol. The monoisotopic (exact) mass is 298 g/mol. The molecule has 0 aliphatic heterocycles. The van der Waals surface area contributed by atoms with Crippen LogP contribution in [0.4, 0.5) is 13.2 Å². The van der Waals surface area contributed by atoms with E-state index in [4.69, 9.17) is 10.5 Å². The summed E-state index contributed by atoms with van der Waals surface area (Å²) < 4.78 is 45.6. The van der Waals surface area contributed by atoms with Crippen LogP contribution in [0.2, 0.25) is 0 Å². The molecule has 1 aromatic carbocycles. The Bertz CT molecular complexity index is 559. The highest BCUT2D eigenvalue weighted by Gasteiger charge is 2.31. The molecule has 1 atom stereocenters. The fourth-order valence-electron chi connectivity index (χ4n) is 1.71. The van der Waals surface area contributed by atoms with Crippen molar-refractivity contribution in [2.24, 2.45) is 5.73 Å². The highest BCUT2D eigenvalue weighted by molar-refractivity contribution is 5.32. The zero-order valence-corrected chi connectivity index (χ0v) is 10.9. The third-order valence-electron chi connectivity index (χ3n) is 2.63. The Labute approximate surface area is 119 Å². The Morgan fingerprint density at radius 3 is 2.10 bits per heavy atom. The van der Waals surface area contributed by atoms with E-state index in [9.17, 15) is 13.2 Å². The lowest BCUT2D eigenvalue weighted by Gasteiger charge is -2.18. The van der Waals surface area contributed by atoms with Gasteiger partial charge in [0.25, 0.3) is 0 Å². The highest BCUT2D eigenvalue weighted by Crippen LogP contribution is 2.26. The minimum atomic E-state index is -4.71. The molecule has 4 nitrogen and oxygen atoms in total. The first-order valence-corrected chi connectivity index (χ1v) is 6.10. The van der Waals surface area contributed by atoms with Gasteiger partial charge in [0.2, 0.25) is 0 Å². The van der Waals surface area contributed by atoms with Gasteiger partial charge in [-0.05, 0) is 42.0 Å². The van der Waals surface area contributed by atoms with Crippen LogP contribution in [0.1, 0.15) is 11.7 Å². The minimum Gasteiger partial charge on any atom is -0.484 e. The maximum absolute atomic E-state index is 12.1. The van der Waals surface area contributed by atoms with Gasteiger partial charge >= 0.3 is 6.36 Å². The summed E-state index contributed by atoms with van der Waals surface area (Å²) in [4.78, 5) is 3.90. The molecule has 0 amide bonds. The molecule has 2 N–H and O–H groups in total. The zero-order chi connectivity index (χ0) is 15.3. The molecule has 21 heavy (non-hydrogen) atoms. The number of pyridine rings is 1. The van der Waals surface area contributed by atoms with E-state index in [2.05, 4.69) is 9.72 Å². The number of nitrogens with two attached hydrogens (primary N) is 1. The van der Waals surface area contributed by atoms with Crippen molar-refractivity contribution >= 4 is 0 Å². The molecule has 0 saturated carbocycles. The molecule has 0 aliphatic carbocycles. The van der Waals surface area contributed by atoms with Gasteiger partial charge in [0.15, 0.2) is 0 Å². The Morgan fingerprint density at radius 2 is 1.57 bits per heavy atom. The summed E-state index contributed by atoms with van der Waals surface area (Å²) in [5.41, 5.74) is 6.48. The zero-order valence-electron chi connectivity index (χ0n) is 10.9. The quantitative estimate of drug-likeness (QED) is 0.921. The third-order valence-corrected chi connectivity index (χ3v) is 2.63. The van der Waals surface area contributed by atoms with Crippen LogP contribution in [0.15, 0.2) is 48.8 Å². The van der Waals surface area contributed by atoms with Crippen molar-refractivity contribution in [3.63, 3.8) is 0 Å². The Kier molecular flexibility index (Phi) is 4.64. The molecule has 0 fully saturated rings. The Hall–Kier alpha value is -2.28. The first-order valence-electron chi connectivity index (χ1n) is 6.10. The number of ether oxygens (including phenoxy) is 2. The summed E-state index contributed by atoms with van der Waals surface area (Å²) in [5, 5.41) is 0. The van der Waals surface area contributed by atoms with Crippen LogP contribution in [0.3, 0.4) is 0 Å². The van der Waals surface area contributed by atoms with E-state index in [1.54, 1.807) is 24.5 Å². The van der Waals surface area contributed by atoms with Crippen molar-refractivity contribution in [1.82, 2.24) is 4.98 Å². The summed E-state index contributed by atoms with van der Waals surface area (Å²) in [6.45, 7) is 0.227. The standard InChI is InChI=1S/C14H13F3N2O2/c15-14(16,17)21-12-3-1-11(2-4-12)20-13(9-18)10-5-7-19-8-6-10/h1-8,13H,9,18H2. The number of alkyl halides is 3. The van der Waals surface area contributed by atoms with Crippen molar-refractivity contribution in [1.29, 1.82) is 0 Å². The number of hydrogen-bond donors (Lipinski definition) is 1. The SMILES string of the molecule is NCC(Oc1ccc(OC(F)(F)F)cc1)c1ccncc1. The summed E-state index contributed by atoms with van der Waals surface area (Å²) >= 11 is 0. The number of aromatic nitrogens is 1. The topological polar surface area (TPSA) is 57.4 Å². The second-order valence-corrected chi connectivity index (χ2v) is 4.14. The normalized spacial score (nSPS) is 12.8. The first-order chi connectivity index (χ1) is 9.98. The van der Waals surface area contributed by atoms with E-state index in [1.807, 2.05) is 0 Å². The Morgan fingerprint density at radius 1 is 1.00 bits per heavy atom. The van der Waals surface area contributed by atoms with Crippen molar-refractivity contribution < 1.29 is 22.6 Å². The van der Waals surface area contributed by atoms with Gasteiger partial charge in [0.05, 0.1) is 0 Å². The fraction of sp³-hybridized carbons (Fsp3) is 0.214. The van der Waals surface area contributed by atoms with Crippen LogP contribution < -0.4 is 15.2 Å². The van der Waals surface area contributed by atoms with E-state index in [-0.39, 0.29) is 12.3 Å². The molecule has 2 rings (SSSR count). The second-order valence-electron chi connectivity index (χ2n) is 4.14. The molecule has 0 saturated heterocycles. The van der Waals surface area contributed by atoms with Gasteiger partial charge in [0.1, 0.15) is 17.6 Å². The van der Waals surface area contributed by atoms with Gasteiger partial charge in [-0.2, -0.15) is 0 Å². The van der Waals surface area contributed by atoms with Crippen LogP contribution in [-0.2, 0) is 0 Å². The lowest BCUT2D eigenvalue weighted by Crippen LogP contribution is -2.18. The second kappa shape index (κ2) is 6.45. The van der Waals surface area contributed by atoms with Crippen LogP contribution >= 0.6 is 0 Å². The number of hydrogen-bond acceptors (Lipinski definition) is 4. The van der Waals surface area contributed by atoms with E-state index >= 15 is 0 Å². The van der Waals surface area contributed by atoms with Gasteiger partial charge in [0, 0.05) is 18.9 Å². The van der Waals surface area contributed by atoms with Gasteiger partial charge in [-0.1, -0.05) is 0 Å². The summed E-state index contributed by atoms with van der Waals surface area (Å²) in [6, 6.07) is 8.68. The largest absolute Gasteiger partial charge is 0.573 e. The molecule has 1 heterocycles. The number of rotatable bonds is 5. The Balaban J connectivity index is 2.05. The number of halogens is 3. The predicted octanol–water partition coefficient (Wildman–Crippen LogP) is 3.06. The lowest BCUT2D eigenvalue weighted by molar-refractivity contribution is -0.274. The van der Waals surface area contributed by atoms with Crippen LogP contribution in [-0.4, -0.2) is 17.9 Å². The van der Waals surface area contributed by atoms with Gasteiger partial charge in [-0.25, -0.2) is 0 Å². The van der Waals surface area contributed by atoms with Crippen LogP contribution in [0, 0.1) is 0 Å². The summed E-state index contributed by atoms with van der Waals surface area (Å²) in [6.07, 6.45) is -1.88. The smallest absolute Gasteiger partial charge is 0.484 e. The number of benzene rings is 1.